The van der Waals surface area contributed by atoms with Gasteiger partial charge in [-0.15, -0.1) is 0 Å². The van der Waals surface area contributed by atoms with Gasteiger partial charge in [0.2, 0.25) is 0 Å². The second-order valence-electron chi connectivity index (χ2n) is 4.91. The Kier molecular flexibility index (Phi) is 3.10. The van der Waals surface area contributed by atoms with Gasteiger partial charge in [-0.05, 0) is 25.0 Å². The first-order chi connectivity index (χ1) is 8.42. The van der Waals surface area contributed by atoms with Crippen molar-refractivity contribution in [2.75, 3.05) is 0 Å². The van der Waals surface area contributed by atoms with Crippen LogP contribution in [-0.2, 0) is 6.54 Å². The molecule has 0 aliphatic heterocycles. The van der Waals surface area contributed by atoms with Gasteiger partial charge in [0.25, 0.3) is 0 Å². The molecule has 17 heavy (non-hydrogen) atoms. The molecule has 2 heterocycles. The Hall–Kier alpha value is -1.35. The summed E-state index contributed by atoms with van der Waals surface area (Å²) in [5.41, 5.74) is 2.18. The number of imidazole rings is 1. The van der Waals surface area contributed by atoms with Crippen LogP contribution in [0.5, 0.6) is 0 Å². The van der Waals surface area contributed by atoms with Gasteiger partial charge in [-0.25, -0.2) is 4.98 Å². The lowest BCUT2D eigenvalue weighted by Crippen LogP contribution is -2.30. The lowest BCUT2D eigenvalue weighted by Gasteiger charge is -2.22. The Balaban J connectivity index is 1.64. The van der Waals surface area contributed by atoms with Crippen molar-refractivity contribution in [3.63, 3.8) is 0 Å². The molecular weight excluding hydrogens is 210 g/mol. The number of hydrogen-bond acceptors (Lipinski definition) is 2. The highest BCUT2D eigenvalue weighted by atomic mass is 15.0. The summed E-state index contributed by atoms with van der Waals surface area (Å²) in [6, 6.07) is 6.81. The molecule has 1 fully saturated rings. The van der Waals surface area contributed by atoms with E-state index >= 15 is 0 Å². The van der Waals surface area contributed by atoms with Crippen LogP contribution in [0.25, 0.3) is 5.65 Å². The lowest BCUT2D eigenvalue weighted by atomic mass is 9.95. The molecule has 0 spiro atoms. The molecule has 1 saturated carbocycles. The van der Waals surface area contributed by atoms with Gasteiger partial charge >= 0.3 is 0 Å². The van der Waals surface area contributed by atoms with E-state index in [-0.39, 0.29) is 0 Å². The summed E-state index contributed by atoms with van der Waals surface area (Å²) in [6.07, 6.45) is 11.0. The highest BCUT2D eigenvalue weighted by molar-refractivity contribution is 5.39. The van der Waals surface area contributed by atoms with Gasteiger partial charge in [0.15, 0.2) is 0 Å². The van der Waals surface area contributed by atoms with E-state index < -0.39 is 0 Å². The van der Waals surface area contributed by atoms with Crippen LogP contribution >= 0.6 is 0 Å². The third-order valence-corrected chi connectivity index (χ3v) is 3.59. The average Bonchev–Trinajstić information content (AvgIpc) is 2.80. The molecule has 90 valence electrons. The molecule has 3 nitrogen and oxygen atoms in total. The van der Waals surface area contributed by atoms with Crippen molar-refractivity contribution < 1.29 is 0 Å². The summed E-state index contributed by atoms with van der Waals surface area (Å²) in [6.45, 7) is 0.895. The van der Waals surface area contributed by atoms with Gasteiger partial charge in [-0.3, -0.25) is 0 Å². The predicted octanol–water partition coefficient (Wildman–Crippen LogP) is 2.76. The van der Waals surface area contributed by atoms with Crippen molar-refractivity contribution in [3.05, 3.63) is 36.3 Å². The molecule has 0 radical (unpaired) electrons. The molecule has 0 unspecified atom stereocenters. The number of fused-ring (bicyclic) bond motifs is 1. The summed E-state index contributed by atoms with van der Waals surface area (Å²) >= 11 is 0. The molecule has 3 heteroatoms. The zero-order valence-corrected chi connectivity index (χ0v) is 10.1. The van der Waals surface area contributed by atoms with Crippen LogP contribution in [0.1, 0.15) is 37.8 Å². The van der Waals surface area contributed by atoms with Crippen molar-refractivity contribution in [1.82, 2.24) is 14.7 Å². The number of pyridine rings is 1. The van der Waals surface area contributed by atoms with Crippen LogP contribution in [0, 0.1) is 0 Å². The van der Waals surface area contributed by atoms with E-state index in [0.717, 1.165) is 17.9 Å². The maximum absolute atomic E-state index is 4.60. The zero-order valence-electron chi connectivity index (χ0n) is 10.1. The van der Waals surface area contributed by atoms with Crippen LogP contribution in [-0.4, -0.2) is 15.4 Å². The van der Waals surface area contributed by atoms with Crippen LogP contribution in [0.15, 0.2) is 30.6 Å². The molecule has 1 N–H and O–H groups in total. The van der Waals surface area contributed by atoms with Crippen molar-refractivity contribution in [3.8, 4) is 0 Å². The van der Waals surface area contributed by atoms with E-state index in [2.05, 4.69) is 20.9 Å². The fourth-order valence-corrected chi connectivity index (χ4v) is 2.63. The van der Waals surface area contributed by atoms with E-state index in [1.54, 1.807) is 0 Å². The van der Waals surface area contributed by atoms with Gasteiger partial charge in [0, 0.05) is 25.0 Å². The summed E-state index contributed by atoms with van der Waals surface area (Å²) in [7, 11) is 0. The summed E-state index contributed by atoms with van der Waals surface area (Å²) < 4.78 is 2.08. The van der Waals surface area contributed by atoms with Gasteiger partial charge in [-0.2, -0.15) is 0 Å². The first-order valence-corrected chi connectivity index (χ1v) is 6.58. The van der Waals surface area contributed by atoms with Gasteiger partial charge in [0.05, 0.1) is 5.69 Å². The Labute approximate surface area is 102 Å². The Morgan fingerprint density at radius 2 is 2.12 bits per heavy atom. The number of rotatable bonds is 3. The van der Waals surface area contributed by atoms with Gasteiger partial charge in [-0.1, -0.05) is 25.3 Å². The minimum Gasteiger partial charge on any atom is -0.308 e. The van der Waals surface area contributed by atoms with Crippen molar-refractivity contribution in [2.45, 2.75) is 44.7 Å². The van der Waals surface area contributed by atoms with Crippen molar-refractivity contribution >= 4 is 5.65 Å². The molecule has 0 saturated heterocycles. The standard InChI is InChI=1S/C14H19N3/c1-2-6-12(7-3-1)15-10-13-11-17-9-5-4-8-14(17)16-13/h4-5,8-9,11-12,15H,1-3,6-7,10H2. The normalized spacial score (nSPS) is 17.6. The molecule has 3 rings (SSSR count). The zero-order chi connectivity index (χ0) is 11.5. The minimum absolute atomic E-state index is 0.702. The monoisotopic (exact) mass is 229 g/mol. The fraction of sp³-hybridized carbons (Fsp3) is 0.500. The van der Waals surface area contributed by atoms with Crippen LogP contribution in [0.3, 0.4) is 0 Å². The Morgan fingerprint density at radius 3 is 2.94 bits per heavy atom. The summed E-state index contributed by atoms with van der Waals surface area (Å²) in [5.74, 6) is 0. The first kappa shape index (κ1) is 10.8. The Bertz CT molecular complexity index is 450. The number of nitrogens with one attached hydrogen (secondary N) is 1. The molecule has 2 aromatic heterocycles. The molecule has 0 bridgehead atoms. The summed E-state index contributed by atoms with van der Waals surface area (Å²) in [5, 5.41) is 3.62. The van der Waals surface area contributed by atoms with Crippen LogP contribution in [0.2, 0.25) is 0 Å². The maximum atomic E-state index is 4.60. The molecule has 1 aliphatic carbocycles. The largest absolute Gasteiger partial charge is 0.308 e. The van der Waals surface area contributed by atoms with E-state index in [0.29, 0.717) is 6.04 Å². The SMILES string of the molecule is c1ccn2cc(CNC3CCCCC3)nc2c1. The molecule has 0 amide bonds. The lowest BCUT2D eigenvalue weighted by molar-refractivity contribution is 0.371. The second-order valence-corrected chi connectivity index (χ2v) is 4.91. The number of nitrogens with zero attached hydrogens (tertiary/aromatic N) is 2. The number of aromatic nitrogens is 2. The van der Waals surface area contributed by atoms with E-state index in [9.17, 15) is 0 Å². The fourth-order valence-electron chi connectivity index (χ4n) is 2.63. The third-order valence-electron chi connectivity index (χ3n) is 3.59. The van der Waals surface area contributed by atoms with E-state index in [1.165, 1.54) is 32.1 Å². The highest BCUT2D eigenvalue weighted by Crippen LogP contribution is 2.17. The molecule has 0 aromatic carbocycles. The third kappa shape index (κ3) is 2.50. The Morgan fingerprint density at radius 1 is 1.24 bits per heavy atom. The second kappa shape index (κ2) is 4.88. The molecule has 2 aromatic rings. The molecule has 1 aliphatic rings. The maximum Gasteiger partial charge on any atom is 0.137 e. The van der Waals surface area contributed by atoms with E-state index in [4.69, 9.17) is 0 Å². The van der Waals surface area contributed by atoms with Gasteiger partial charge < -0.3 is 9.72 Å². The van der Waals surface area contributed by atoms with E-state index in [1.807, 2.05) is 24.4 Å². The molecule has 0 atom stereocenters. The predicted molar refractivity (Wildman–Crippen MR) is 68.9 cm³/mol. The van der Waals surface area contributed by atoms with Gasteiger partial charge in [0.1, 0.15) is 5.65 Å². The van der Waals surface area contributed by atoms with Crippen LogP contribution in [0.4, 0.5) is 0 Å². The minimum atomic E-state index is 0.702. The first-order valence-electron chi connectivity index (χ1n) is 6.58. The van der Waals surface area contributed by atoms with Crippen LogP contribution < -0.4 is 5.32 Å². The molecular formula is C14H19N3. The van der Waals surface area contributed by atoms with Crippen molar-refractivity contribution in [2.24, 2.45) is 0 Å². The topological polar surface area (TPSA) is 29.3 Å². The summed E-state index contributed by atoms with van der Waals surface area (Å²) in [4.78, 5) is 4.60. The highest BCUT2D eigenvalue weighted by Gasteiger charge is 2.12. The quantitative estimate of drug-likeness (QED) is 0.877. The number of hydrogen-bond donors (Lipinski definition) is 1. The smallest absolute Gasteiger partial charge is 0.137 e. The van der Waals surface area contributed by atoms with Crippen molar-refractivity contribution in [1.29, 1.82) is 0 Å². The average molecular weight is 229 g/mol.